The minimum Gasteiger partial charge on any atom is -0.409 e. The third-order valence-electron chi connectivity index (χ3n) is 3.82. The van der Waals surface area contributed by atoms with E-state index in [0.717, 1.165) is 12.1 Å². The van der Waals surface area contributed by atoms with Crippen LogP contribution in [-0.2, 0) is 6.42 Å². The predicted octanol–water partition coefficient (Wildman–Crippen LogP) is 3.00. The Morgan fingerprint density at radius 3 is 2.76 bits per heavy atom. The number of hydrogen-bond donors (Lipinski definition) is 2. The number of nitrogens with two attached hydrogens (primary N) is 1. The molecule has 1 heterocycles. The molecule has 1 unspecified atom stereocenters. The first-order valence-electron chi connectivity index (χ1n) is 6.76. The molecule has 21 heavy (non-hydrogen) atoms. The van der Waals surface area contributed by atoms with Crippen molar-refractivity contribution < 1.29 is 9.60 Å². The molecule has 0 amide bonds. The molecular formula is C16H16FN3O. The molecule has 3 rings (SSSR count). The molecule has 0 saturated carbocycles. The van der Waals surface area contributed by atoms with Crippen LogP contribution < -0.4 is 10.6 Å². The zero-order chi connectivity index (χ0) is 15.0. The minimum absolute atomic E-state index is 0.102. The van der Waals surface area contributed by atoms with Gasteiger partial charge in [0.1, 0.15) is 5.82 Å². The van der Waals surface area contributed by atoms with E-state index in [1.807, 2.05) is 23.1 Å². The predicted molar refractivity (Wildman–Crippen MR) is 80.7 cm³/mol. The van der Waals surface area contributed by atoms with Gasteiger partial charge in [-0.2, -0.15) is 0 Å². The molecular weight excluding hydrogens is 269 g/mol. The first-order valence-corrected chi connectivity index (χ1v) is 6.76. The highest BCUT2D eigenvalue weighted by molar-refractivity contribution is 5.97. The monoisotopic (exact) mass is 285 g/mol. The van der Waals surface area contributed by atoms with Crippen LogP contribution in [0.5, 0.6) is 0 Å². The lowest BCUT2D eigenvalue weighted by atomic mass is 10.1. The van der Waals surface area contributed by atoms with Crippen LogP contribution in [0, 0.1) is 5.82 Å². The normalized spacial score (nSPS) is 17.9. The van der Waals surface area contributed by atoms with Crippen molar-refractivity contribution in [1.82, 2.24) is 0 Å². The molecule has 0 aromatic heterocycles. The van der Waals surface area contributed by atoms with Crippen molar-refractivity contribution in [3.05, 3.63) is 59.4 Å². The summed E-state index contributed by atoms with van der Waals surface area (Å²) in [7, 11) is 0. The van der Waals surface area contributed by atoms with Crippen molar-refractivity contribution >= 4 is 17.2 Å². The molecule has 2 aromatic rings. The van der Waals surface area contributed by atoms with E-state index >= 15 is 0 Å². The minimum atomic E-state index is -0.386. The molecule has 0 fully saturated rings. The molecule has 108 valence electrons. The molecule has 1 atom stereocenters. The first-order chi connectivity index (χ1) is 10.1. The Bertz CT molecular complexity index is 714. The fraction of sp³-hybridized carbons (Fsp3) is 0.188. The third kappa shape index (κ3) is 2.20. The molecule has 0 aliphatic carbocycles. The zero-order valence-electron chi connectivity index (χ0n) is 11.6. The number of fused-ring (bicyclic) bond motifs is 1. The van der Waals surface area contributed by atoms with Gasteiger partial charge in [-0.3, -0.25) is 0 Å². The molecule has 0 spiro atoms. The van der Waals surface area contributed by atoms with Crippen molar-refractivity contribution in [2.24, 2.45) is 10.9 Å². The summed E-state index contributed by atoms with van der Waals surface area (Å²) in [6.45, 7) is 2.07. The van der Waals surface area contributed by atoms with Gasteiger partial charge in [0, 0.05) is 17.3 Å². The van der Waals surface area contributed by atoms with Crippen molar-refractivity contribution in [3.63, 3.8) is 0 Å². The number of oxime groups is 1. The summed E-state index contributed by atoms with van der Waals surface area (Å²) in [5, 5.41) is 11.6. The molecule has 0 bridgehead atoms. The van der Waals surface area contributed by atoms with Crippen LogP contribution in [0.4, 0.5) is 15.8 Å². The maximum absolute atomic E-state index is 14.4. The number of hydrogen-bond acceptors (Lipinski definition) is 3. The molecule has 0 radical (unpaired) electrons. The maximum Gasteiger partial charge on any atom is 0.170 e. The van der Waals surface area contributed by atoms with Gasteiger partial charge in [0.25, 0.3) is 0 Å². The second-order valence-electron chi connectivity index (χ2n) is 5.20. The summed E-state index contributed by atoms with van der Waals surface area (Å²) >= 11 is 0. The van der Waals surface area contributed by atoms with Crippen molar-refractivity contribution in [2.45, 2.75) is 19.4 Å². The second kappa shape index (κ2) is 5.09. The molecule has 3 N–H and O–H groups in total. The van der Waals surface area contributed by atoms with Gasteiger partial charge >= 0.3 is 0 Å². The van der Waals surface area contributed by atoms with Gasteiger partial charge in [-0.1, -0.05) is 23.4 Å². The van der Waals surface area contributed by atoms with E-state index in [1.165, 1.54) is 11.6 Å². The Morgan fingerprint density at radius 1 is 1.29 bits per heavy atom. The molecule has 0 saturated heterocycles. The Hall–Kier alpha value is -2.56. The molecule has 1 aliphatic heterocycles. The highest BCUT2D eigenvalue weighted by Crippen LogP contribution is 2.39. The van der Waals surface area contributed by atoms with E-state index < -0.39 is 0 Å². The van der Waals surface area contributed by atoms with E-state index in [-0.39, 0.29) is 17.7 Å². The van der Waals surface area contributed by atoms with Crippen molar-refractivity contribution in [1.29, 1.82) is 0 Å². The number of benzene rings is 2. The van der Waals surface area contributed by atoms with Crippen LogP contribution in [0.1, 0.15) is 18.1 Å². The highest BCUT2D eigenvalue weighted by atomic mass is 19.1. The summed E-state index contributed by atoms with van der Waals surface area (Å²) in [6.07, 6.45) is 0.887. The number of halogens is 1. The van der Waals surface area contributed by atoms with E-state index in [1.54, 1.807) is 12.1 Å². The smallest absolute Gasteiger partial charge is 0.170 e. The fourth-order valence-electron chi connectivity index (χ4n) is 2.85. The van der Waals surface area contributed by atoms with Gasteiger partial charge in [-0.05, 0) is 43.2 Å². The molecule has 1 aliphatic rings. The quantitative estimate of drug-likeness (QED) is 0.386. The standard InChI is InChI=1S/C16H16FN3O/c1-10-8-11-4-2-3-5-14(11)20(10)15-7-6-12(9-13(15)17)16(18)19-21/h2-7,9-10,21H,8H2,1H3,(H2,18,19). The number of para-hydroxylation sites is 1. The van der Waals surface area contributed by atoms with E-state index in [0.29, 0.717) is 11.3 Å². The Labute approximate surface area is 122 Å². The van der Waals surface area contributed by atoms with Gasteiger partial charge in [0.2, 0.25) is 0 Å². The Morgan fingerprint density at radius 2 is 2.05 bits per heavy atom. The lowest BCUT2D eigenvalue weighted by Gasteiger charge is -2.25. The van der Waals surface area contributed by atoms with E-state index in [4.69, 9.17) is 10.9 Å². The lowest BCUT2D eigenvalue weighted by molar-refractivity contribution is 0.318. The van der Waals surface area contributed by atoms with Crippen molar-refractivity contribution in [3.8, 4) is 0 Å². The number of anilines is 2. The molecule has 4 nitrogen and oxygen atoms in total. The molecule has 2 aromatic carbocycles. The van der Waals surface area contributed by atoms with Crippen molar-refractivity contribution in [2.75, 3.05) is 4.90 Å². The largest absolute Gasteiger partial charge is 0.409 e. The van der Waals surface area contributed by atoms with Crippen LogP contribution >= 0.6 is 0 Å². The van der Waals surface area contributed by atoms with Gasteiger partial charge in [0.05, 0.1) is 5.69 Å². The topological polar surface area (TPSA) is 61.8 Å². The summed E-state index contributed by atoms with van der Waals surface area (Å²) in [6, 6.07) is 12.8. The average molecular weight is 285 g/mol. The van der Waals surface area contributed by atoms with Crippen LogP contribution in [0.3, 0.4) is 0 Å². The third-order valence-corrected chi connectivity index (χ3v) is 3.82. The number of nitrogens with zero attached hydrogens (tertiary/aromatic N) is 2. The van der Waals surface area contributed by atoms with Gasteiger partial charge < -0.3 is 15.8 Å². The maximum atomic E-state index is 14.4. The van der Waals surface area contributed by atoms with Crippen LogP contribution in [0.2, 0.25) is 0 Å². The number of rotatable bonds is 2. The SMILES string of the molecule is CC1Cc2ccccc2N1c1ccc(/C(N)=N/O)cc1F. The van der Waals surface area contributed by atoms with E-state index in [9.17, 15) is 4.39 Å². The van der Waals surface area contributed by atoms with E-state index in [2.05, 4.69) is 18.1 Å². The Balaban J connectivity index is 2.05. The summed E-state index contributed by atoms with van der Waals surface area (Å²) in [5.41, 5.74) is 8.59. The summed E-state index contributed by atoms with van der Waals surface area (Å²) in [5.74, 6) is -0.488. The van der Waals surface area contributed by atoms with Crippen LogP contribution in [-0.4, -0.2) is 17.1 Å². The Kier molecular flexibility index (Phi) is 3.25. The van der Waals surface area contributed by atoms with Crippen LogP contribution in [0.15, 0.2) is 47.6 Å². The fourth-order valence-corrected chi connectivity index (χ4v) is 2.85. The van der Waals surface area contributed by atoms with Gasteiger partial charge in [-0.25, -0.2) is 4.39 Å². The second-order valence-corrected chi connectivity index (χ2v) is 5.20. The highest BCUT2D eigenvalue weighted by Gasteiger charge is 2.28. The average Bonchev–Trinajstić information content (AvgIpc) is 2.82. The number of amidine groups is 1. The summed E-state index contributed by atoms with van der Waals surface area (Å²) < 4.78 is 14.4. The van der Waals surface area contributed by atoms with Gasteiger partial charge in [0.15, 0.2) is 5.84 Å². The molecule has 5 heteroatoms. The zero-order valence-corrected chi connectivity index (χ0v) is 11.6. The lowest BCUT2D eigenvalue weighted by Crippen LogP contribution is -2.25. The summed E-state index contributed by atoms with van der Waals surface area (Å²) in [4.78, 5) is 1.99. The first kappa shape index (κ1) is 13.4. The van der Waals surface area contributed by atoms with Gasteiger partial charge in [-0.15, -0.1) is 0 Å². The van der Waals surface area contributed by atoms with Crippen LogP contribution in [0.25, 0.3) is 0 Å².